The highest BCUT2D eigenvalue weighted by atomic mass is 32.2. The van der Waals surface area contributed by atoms with E-state index in [9.17, 15) is 9.00 Å². The Balaban J connectivity index is 3.40. The summed E-state index contributed by atoms with van der Waals surface area (Å²) in [4.78, 5) is 10.1. The zero-order valence-electron chi connectivity index (χ0n) is 4.84. The number of hydrogen-bond acceptors (Lipinski definition) is 3. The predicted molar refractivity (Wildman–Crippen MR) is 30.7 cm³/mol. The lowest BCUT2D eigenvalue weighted by Gasteiger charge is -1.90. The second kappa shape index (κ2) is 3.74. The van der Waals surface area contributed by atoms with Gasteiger partial charge in [0.1, 0.15) is 11.5 Å². The van der Waals surface area contributed by atoms with Gasteiger partial charge in [-0.15, -0.1) is 0 Å². The van der Waals surface area contributed by atoms with Crippen molar-refractivity contribution in [3.8, 4) is 0 Å². The Labute approximate surface area is 50.7 Å². The number of ketones is 1. The van der Waals surface area contributed by atoms with Gasteiger partial charge < -0.3 is 0 Å². The molecule has 0 aromatic rings. The van der Waals surface area contributed by atoms with Gasteiger partial charge in [-0.05, 0) is 6.92 Å². The Morgan fingerprint density at radius 2 is 2.25 bits per heavy atom. The van der Waals surface area contributed by atoms with Crippen LogP contribution in [0, 0.1) is 0 Å². The summed E-state index contributed by atoms with van der Waals surface area (Å²) in [7, 11) is 1.30. The molecular formula is C4H8O3S. The molecule has 0 saturated carbocycles. The van der Waals surface area contributed by atoms with Gasteiger partial charge in [-0.3, -0.25) is 8.98 Å². The zero-order valence-corrected chi connectivity index (χ0v) is 5.66. The monoisotopic (exact) mass is 136 g/mol. The van der Waals surface area contributed by atoms with Gasteiger partial charge in [0.2, 0.25) is 0 Å². The first kappa shape index (κ1) is 7.78. The molecule has 0 aliphatic heterocycles. The maximum absolute atomic E-state index is 10.3. The summed E-state index contributed by atoms with van der Waals surface area (Å²) in [5.41, 5.74) is 0. The first-order valence-electron chi connectivity index (χ1n) is 2.09. The first-order chi connectivity index (χ1) is 3.66. The fourth-order valence-corrected chi connectivity index (χ4v) is 0.675. The second-order valence-corrected chi connectivity index (χ2v) is 2.55. The SMILES string of the molecule is COS(=O)CC(C)=O. The van der Waals surface area contributed by atoms with Gasteiger partial charge in [-0.1, -0.05) is 0 Å². The van der Waals surface area contributed by atoms with Crippen LogP contribution in [0.25, 0.3) is 0 Å². The molecule has 0 amide bonds. The van der Waals surface area contributed by atoms with Gasteiger partial charge >= 0.3 is 0 Å². The van der Waals surface area contributed by atoms with E-state index in [0.717, 1.165) is 0 Å². The van der Waals surface area contributed by atoms with Gasteiger partial charge in [0.15, 0.2) is 11.1 Å². The Bertz CT molecular complexity index is 110. The quantitative estimate of drug-likeness (QED) is 0.543. The summed E-state index contributed by atoms with van der Waals surface area (Å²) in [5.74, 6) is -0.124. The van der Waals surface area contributed by atoms with Gasteiger partial charge in [0.05, 0.1) is 7.11 Å². The molecule has 0 spiro atoms. The minimum absolute atomic E-state index is 0.00347. The van der Waals surface area contributed by atoms with Crippen LogP contribution < -0.4 is 0 Å². The smallest absolute Gasteiger partial charge is 0.162 e. The molecule has 0 aromatic heterocycles. The lowest BCUT2D eigenvalue weighted by molar-refractivity contribution is -0.114. The third-order valence-electron chi connectivity index (χ3n) is 0.507. The van der Waals surface area contributed by atoms with Crippen LogP contribution in [-0.2, 0) is 20.1 Å². The first-order valence-corrected chi connectivity index (χ1v) is 3.33. The van der Waals surface area contributed by atoms with Crippen molar-refractivity contribution in [2.24, 2.45) is 0 Å². The van der Waals surface area contributed by atoms with Gasteiger partial charge in [-0.2, -0.15) is 0 Å². The van der Waals surface area contributed by atoms with E-state index >= 15 is 0 Å². The molecule has 0 saturated heterocycles. The summed E-state index contributed by atoms with van der Waals surface area (Å²) in [5, 5.41) is 0. The molecule has 8 heavy (non-hydrogen) atoms. The van der Waals surface area contributed by atoms with Crippen LogP contribution in [0.3, 0.4) is 0 Å². The maximum Gasteiger partial charge on any atom is 0.162 e. The van der Waals surface area contributed by atoms with E-state index in [1.807, 2.05) is 0 Å². The van der Waals surface area contributed by atoms with Crippen LogP contribution in [0.1, 0.15) is 6.92 Å². The zero-order chi connectivity index (χ0) is 6.57. The minimum atomic E-state index is -1.41. The van der Waals surface area contributed by atoms with E-state index in [1.165, 1.54) is 14.0 Å². The van der Waals surface area contributed by atoms with Gasteiger partial charge in [0.25, 0.3) is 0 Å². The van der Waals surface area contributed by atoms with E-state index in [0.29, 0.717) is 0 Å². The minimum Gasteiger partial charge on any atom is -0.299 e. The Morgan fingerprint density at radius 1 is 1.75 bits per heavy atom. The van der Waals surface area contributed by atoms with E-state index in [-0.39, 0.29) is 11.5 Å². The molecule has 0 aliphatic rings. The number of rotatable bonds is 3. The number of Topliss-reactive ketones (excluding diaryl/α,β-unsaturated/α-hetero) is 1. The number of hydrogen-bond donors (Lipinski definition) is 0. The van der Waals surface area contributed by atoms with E-state index in [1.54, 1.807) is 0 Å². The van der Waals surface area contributed by atoms with Gasteiger partial charge in [-0.25, -0.2) is 4.21 Å². The molecule has 0 heterocycles. The number of carbonyl (C=O) groups is 1. The molecule has 0 rings (SSSR count). The molecule has 0 aromatic carbocycles. The standard InChI is InChI=1S/C4H8O3S/c1-4(5)3-8(6)7-2/h3H2,1-2H3. The molecule has 0 bridgehead atoms. The van der Waals surface area contributed by atoms with Gasteiger partial charge in [0, 0.05) is 0 Å². The molecule has 0 fully saturated rings. The van der Waals surface area contributed by atoms with Crippen LogP contribution in [0.2, 0.25) is 0 Å². The predicted octanol–water partition coefficient (Wildman–Crippen LogP) is -0.114. The molecule has 48 valence electrons. The molecule has 3 nitrogen and oxygen atoms in total. The van der Waals surface area contributed by atoms with Crippen LogP contribution in [0.5, 0.6) is 0 Å². The summed E-state index contributed by atoms with van der Waals surface area (Å²) in [6.45, 7) is 1.37. The van der Waals surface area contributed by atoms with E-state index in [2.05, 4.69) is 4.18 Å². The molecule has 0 aliphatic carbocycles. The van der Waals surface area contributed by atoms with Crippen molar-refractivity contribution in [3.63, 3.8) is 0 Å². The van der Waals surface area contributed by atoms with Crippen molar-refractivity contribution in [2.75, 3.05) is 12.9 Å². The fraction of sp³-hybridized carbons (Fsp3) is 0.750. The fourth-order valence-electron chi connectivity index (χ4n) is 0.225. The van der Waals surface area contributed by atoms with Crippen LogP contribution in [0.4, 0.5) is 0 Å². The average molecular weight is 136 g/mol. The topological polar surface area (TPSA) is 43.4 Å². The Hall–Kier alpha value is -0.220. The Kier molecular flexibility index (Phi) is 3.64. The summed E-state index contributed by atoms with van der Waals surface area (Å²) < 4.78 is 14.6. The third-order valence-corrected chi connectivity index (χ3v) is 1.52. The van der Waals surface area contributed by atoms with Crippen molar-refractivity contribution < 1.29 is 13.2 Å². The van der Waals surface area contributed by atoms with Crippen LogP contribution >= 0.6 is 0 Å². The van der Waals surface area contributed by atoms with E-state index in [4.69, 9.17) is 0 Å². The van der Waals surface area contributed by atoms with Crippen LogP contribution in [0.15, 0.2) is 0 Å². The molecule has 0 N–H and O–H groups in total. The van der Waals surface area contributed by atoms with Crippen molar-refractivity contribution in [1.29, 1.82) is 0 Å². The molecule has 4 heteroatoms. The van der Waals surface area contributed by atoms with Crippen molar-refractivity contribution in [3.05, 3.63) is 0 Å². The molecule has 0 radical (unpaired) electrons. The van der Waals surface area contributed by atoms with Crippen molar-refractivity contribution in [2.45, 2.75) is 6.92 Å². The second-order valence-electron chi connectivity index (χ2n) is 1.32. The molecule has 1 unspecified atom stereocenters. The van der Waals surface area contributed by atoms with Crippen LogP contribution in [-0.4, -0.2) is 22.9 Å². The lowest BCUT2D eigenvalue weighted by atomic mass is 10.5. The summed E-state index contributed by atoms with van der Waals surface area (Å²) >= 11 is -1.41. The number of carbonyl (C=O) groups excluding carboxylic acids is 1. The average Bonchev–Trinajstić information content (AvgIpc) is 1.65. The normalized spacial score (nSPS) is 13.2. The third kappa shape index (κ3) is 3.95. The Morgan fingerprint density at radius 3 is 2.38 bits per heavy atom. The molecular weight excluding hydrogens is 128 g/mol. The maximum atomic E-state index is 10.3. The van der Waals surface area contributed by atoms with Crippen molar-refractivity contribution >= 4 is 16.9 Å². The van der Waals surface area contributed by atoms with E-state index < -0.39 is 11.1 Å². The lowest BCUT2D eigenvalue weighted by Crippen LogP contribution is -2.06. The highest BCUT2D eigenvalue weighted by Gasteiger charge is 1.99. The van der Waals surface area contributed by atoms with Crippen molar-refractivity contribution in [1.82, 2.24) is 0 Å². The summed E-state index contributed by atoms with van der Waals surface area (Å²) in [6, 6.07) is 0. The largest absolute Gasteiger partial charge is 0.299 e. The highest BCUT2D eigenvalue weighted by Crippen LogP contribution is 1.81. The highest BCUT2D eigenvalue weighted by molar-refractivity contribution is 7.80. The molecule has 1 atom stereocenters. The summed E-state index contributed by atoms with van der Waals surface area (Å²) in [6.07, 6.45) is 0.